The van der Waals surface area contributed by atoms with E-state index in [9.17, 15) is 5.26 Å². The Morgan fingerprint density at radius 3 is 1.53 bits per heavy atom. The van der Waals surface area contributed by atoms with Crippen molar-refractivity contribution < 1.29 is 10.1 Å². The van der Waals surface area contributed by atoms with Crippen molar-refractivity contribution in [3.63, 3.8) is 0 Å². The lowest BCUT2D eigenvalue weighted by Crippen LogP contribution is -2.51. The van der Waals surface area contributed by atoms with Crippen LogP contribution in [0.15, 0.2) is 30.3 Å². The molecule has 0 radical (unpaired) electrons. The van der Waals surface area contributed by atoms with Gasteiger partial charge in [0.05, 0.1) is 0 Å². The van der Waals surface area contributed by atoms with E-state index in [1.165, 1.54) is 0 Å². The van der Waals surface area contributed by atoms with E-state index in [0.29, 0.717) is 0 Å². The Morgan fingerprint density at radius 1 is 0.824 bits per heavy atom. The first-order chi connectivity index (χ1) is 7.67. The molecule has 0 aromatic heterocycles. The Kier molecular flexibility index (Phi) is 3.70. The number of hydrogen-bond donors (Lipinski definition) is 1. The molecule has 0 aliphatic rings. The van der Waals surface area contributed by atoms with Gasteiger partial charge in [-0.15, -0.1) is 0 Å². The maximum absolute atomic E-state index is 9.60. The molecule has 0 amide bonds. The van der Waals surface area contributed by atoms with Crippen LogP contribution in [0.25, 0.3) is 0 Å². The molecular weight excluding hydrogens is 212 g/mol. The van der Waals surface area contributed by atoms with Gasteiger partial charge >= 0.3 is 0 Å². The summed E-state index contributed by atoms with van der Waals surface area (Å²) in [5.41, 5.74) is -0.174. The average Bonchev–Trinajstić information content (AvgIpc) is 2.16. The Hall–Kier alpha value is -0.860. The van der Waals surface area contributed by atoms with Gasteiger partial charge in [-0.2, -0.15) is 0 Å². The van der Waals surface area contributed by atoms with Crippen molar-refractivity contribution in [1.29, 1.82) is 0 Å². The van der Waals surface area contributed by atoms with Gasteiger partial charge in [-0.1, -0.05) is 71.9 Å². The van der Waals surface area contributed by atoms with Crippen LogP contribution >= 0.6 is 0 Å². The van der Waals surface area contributed by atoms with Gasteiger partial charge in [0.15, 0.2) is 0 Å². The smallest absolute Gasteiger partial charge is 0.138 e. The molecule has 0 atom stereocenters. The minimum absolute atomic E-state index is 0.221. The van der Waals surface area contributed by atoms with Crippen LogP contribution in [0.1, 0.15) is 47.1 Å². The molecule has 0 saturated heterocycles. The lowest BCUT2D eigenvalue weighted by molar-refractivity contribution is -0.385. The summed E-state index contributed by atoms with van der Waals surface area (Å²) in [5, 5.41) is 9.60. The van der Waals surface area contributed by atoms with Crippen LogP contribution in [-0.2, 0) is 10.5 Å². The molecule has 0 aliphatic carbocycles. The molecule has 0 aliphatic heterocycles. The lowest BCUT2D eigenvalue weighted by Gasteiger charge is -2.50. The molecule has 0 fully saturated rings. The lowest BCUT2D eigenvalue weighted by atomic mass is 9.59. The zero-order valence-electron chi connectivity index (χ0n) is 11.7. The monoisotopic (exact) mass is 236 g/mol. The molecule has 0 saturated carbocycles. The normalized spacial score (nSPS) is 13.8. The summed E-state index contributed by atoms with van der Waals surface area (Å²) in [7, 11) is 0. The van der Waals surface area contributed by atoms with Gasteiger partial charge < -0.3 is 0 Å². The Labute approximate surface area is 105 Å². The topological polar surface area (TPSA) is 29.5 Å². The molecule has 2 nitrogen and oxygen atoms in total. The molecule has 96 valence electrons. The minimum atomic E-state index is -0.735. The standard InChI is InChI=1S/C15H24O2/c1-13(2,3)15(17-16,14(4,5)6)12-10-8-7-9-11-12/h7-11,16H,1-6H3. The zero-order chi connectivity index (χ0) is 13.3. The van der Waals surface area contributed by atoms with Gasteiger partial charge in [0.1, 0.15) is 5.60 Å². The largest absolute Gasteiger partial charge is 0.251 e. The Bertz CT molecular complexity index is 341. The minimum Gasteiger partial charge on any atom is -0.251 e. The highest BCUT2D eigenvalue weighted by atomic mass is 17.1. The maximum atomic E-state index is 9.60. The fourth-order valence-corrected chi connectivity index (χ4v) is 2.99. The Morgan fingerprint density at radius 2 is 1.24 bits per heavy atom. The molecule has 0 unspecified atom stereocenters. The molecule has 2 heteroatoms. The second kappa shape index (κ2) is 4.43. The SMILES string of the molecule is CC(C)(C)C(OO)(c1ccccc1)C(C)(C)C. The second-order valence-corrected chi connectivity index (χ2v) is 6.64. The summed E-state index contributed by atoms with van der Waals surface area (Å²) < 4.78 is 0. The molecule has 1 N–H and O–H groups in total. The summed E-state index contributed by atoms with van der Waals surface area (Å²) in [6, 6.07) is 9.93. The number of rotatable bonds is 2. The molecule has 0 heterocycles. The molecule has 17 heavy (non-hydrogen) atoms. The summed E-state index contributed by atoms with van der Waals surface area (Å²) >= 11 is 0. The highest BCUT2D eigenvalue weighted by molar-refractivity contribution is 5.27. The first kappa shape index (κ1) is 14.2. The van der Waals surface area contributed by atoms with E-state index in [1.807, 2.05) is 30.3 Å². The quantitative estimate of drug-likeness (QED) is 0.606. The van der Waals surface area contributed by atoms with Crippen LogP contribution in [0.2, 0.25) is 0 Å². The predicted molar refractivity (Wildman–Crippen MR) is 70.7 cm³/mol. The van der Waals surface area contributed by atoms with Crippen LogP contribution in [0.5, 0.6) is 0 Å². The third-order valence-corrected chi connectivity index (χ3v) is 3.43. The van der Waals surface area contributed by atoms with Gasteiger partial charge in [-0.05, 0) is 16.4 Å². The van der Waals surface area contributed by atoms with E-state index in [2.05, 4.69) is 41.5 Å². The van der Waals surface area contributed by atoms with E-state index in [0.717, 1.165) is 5.56 Å². The molecule has 1 aromatic carbocycles. The van der Waals surface area contributed by atoms with Gasteiger partial charge in [-0.3, -0.25) is 5.26 Å². The van der Waals surface area contributed by atoms with Gasteiger partial charge in [0, 0.05) is 0 Å². The van der Waals surface area contributed by atoms with E-state index in [1.54, 1.807) is 0 Å². The van der Waals surface area contributed by atoms with Crippen LogP contribution in [0, 0.1) is 10.8 Å². The molecular formula is C15H24O2. The third-order valence-electron chi connectivity index (χ3n) is 3.43. The molecule has 1 rings (SSSR count). The second-order valence-electron chi connectivity index (χ2n) is 6.64. The van der Waals surface area contributed by atoms with Crippen molar-refractivity contribution in [3.8, 4) is 0 Å². The highest BCUT2D eigenvalue weighted by Crippen LogP contribution is 2.53. The van der Waals surface area contributed by atoms with E-state index in [-0.39, 0.29) is 10.8 Å². The van der Waals surface area contributed by atoms with Crippen molar-refractivity contribution in [1.82, 2.24) is 0 Å². The fraction of sp³-hybridized carbons (Fsp3) is 0.600. The average molecular weight is 236 g/mol. The summed E-state index contributed by atoms with van der Waals surface area (Å²) in [5.74, 6) is 0. The molecule has 0 spiro atoms. The first-order valence-corrected chi connectivity index (χ1v) is 6.05. The summed E-state index contributed by atoms with van der Waals surface area (Å²) in [6.45, 7) is 12.5. The molecule has 1 aromatic rings. The predicted octanol–water partition coefficient (Wildman–Crippen LogP) is 4.46. The van der Waals surface area contributed by atoms with Crippen molar-refractivity contribution >= 4 is 0 Å². The maximum Gasteiger partial charge on any atom is 0.138 e. The van der Waals surface area contributed by atoms with E-state index >= 15 is 0 Å². The van der Waals surface area contributed by atoms with Gasteiger partial charge in [0.25, 0.3) is 0 Å². The van der Waals surface area contributed by atoms with Gasteiger partial charge in [0.2, 0.25) is 0 Å². The zero-order valence-corrected chi connectivity index (χ0v) is 11.7. The number of benzene rings is 1. The third kappa shape index (κ3) is 2.24. The van der Waals surface area contributed by atoms with E-state index < -0.39 is 5.60 Å². The first-order valence-electron chi connectivity index (χ1n) is 6.05. The highest BCUT2D eigenvalue weighted by Gasteiger charge is 2.54. The molecule has 0 bridgehead atoms. The van der Waals surface area contributed by atoms with Crippen LogP contribution in [-0.4, -0.2) is 5.26 Å². The summed E-state index contributed by atoms with van der Waals surface area (Å²) in [4.78, 5) is 5.05. The van der Waals surface area contributed by atoms with Crippen LogP contribution in [0.3, 0.4) is 0 Å². The fourth-order valence-electron chi connectivity index (χ4n) is 2.99. The summed E-state index contributed by atoms with van der Waals surface area (Å²) in [6.07, 6.45) is 0. The van der Waals surface area contributed by atoms with Crippen molar-refractivity contribution in [2.45, 2.75) is 47.1 Å². The van der Waals surface area contributed by atoms with Crippen LogP contribution < -0.4 is 0 Å². The van der Waals surface area contributed by atoms with Crippen molar-refractivity contribution in [3.05, 3.63) is 35.9 Å². The van der Waals surface area contributed by atoms with Crippen LogP contribution in [0.4, 0.5) is 0 Å². The van der Waals surface area contributed by atoms with Gasteiger partial charge in [-0.25, -0.2) is 4.89 Å². The van der Waals surface area contributed by atoms with E-state index in [4.69, 9.17) is 4.89 Å². The van der Waals surface area contributed by atoms with Crippen molar-refractivity contribution in [2.24, 2.45) is 10.8 Å². The number of hydrogen-bond acceptors (Lipinski definition) is 2. The Balaban J connectivity index is 3.49. The van der Waals surface area contributed by atoms with Crippen molar-refractivity contribution in [2.75, 3.05) is 0 Å².